The summed E-state index contributed by atoms with van der Waals surface area (Å²) in [6, 6.07) is 1.88. The van der Waals surface area contributed by atoms with Crippen molar-refractivity contribution in [1.29, 1.82) is 0 Å². The summed E-state index contributed by atoms with van der Waals surface area (Å²) in [5, 5.41) is 9.53. The van der Waals surface area contributed by atoms with E-state index in [0.29, 0.717) is 5.56 Å². The van der Waals surface area contributed by atoms with Crippen LogP contribution < -0.4 is 0 Å². The highest BCUT2D eigenvalue weighted by molar-refractivity contribution is 7.98. The van der Waals surface area contributed by atoms with E-state index in [4.69, 9.17) is 0 Å². The highest BCUT2D eigenvalue weighted by atomic mass is 32.2. The fourth-order valence-electron chi connectivity index (χ4n) is 1.25. The Balaban J connectivity index is 2.87. The van der Waals surface area contributed by atoms with E-state index in [1.807, 2.05) is 31.3 Å². The summed E-state index contributed by atoms with van der Waals surface area (Å²) >= 11 is 1.66. The monoisotopic (exact) mass is 236 g/mol. The van der Waals surface area contributed by atoms with Crippen LogP contribution in [0.25, 0.3) is 0 Å². The minimum absolute atomic E-state index is 0.0103. The van der Waals surface area contributed by atoms with Gasteiger partial charge in [-0.15, -0.1) is 0 Å². The third-order valence-corrected chi connectivity index (χ3v) is 2.29. The molecule has 16 heavy (non-hydrogen) atoms. The number of aromatic hydroxyl groups is 1. The minimum atomic E-state index is 0.0103. The summed E-state index contributed by atoms with van der Waals surface area (Å²) in [5.74, 6) is 6.67. The molecule has 0 saturated carbocycles. The van der Waals surface area contributed by atoms with Gasteiger partial charge in [0.2, 0.25) is 5.88 Å². The molecule has 1 aromatic rings. The second kappa shape index (κ2) is 6.41. The lowest BCUT2D eigenvalue weighted by Gasteiger charge is -2.09. The highest BCUT2D eigenvalue weighted by Crippen LogP contribution is 2.14. The van der Waals surface area contributed by atoms with E-state index in [2.05, 4.69) is 16.8 Å². The predicted octanol–water partition coefficient (Wildman–Crippen LogP) is 1.56. The lowest BCUT2D eigenvalue weighted by Crippen LogP contribution is -2.10. The van der Waals surface area contributed by atoms with E-state index in [1.54, 1.807) is 18.0 Å². The smallest absolute Gasteiger partial charge is 0.226 e. The molecular weight excluding hydrogens is 220 g/mol. The van der Waals surface area contributed by atoms with Crippen molar-refractivity contribution in [2.45, 2.75) is 6.54 Å². The van der Waals surface area contributed by atoms with Crippen LogP contribution >= 0.6 is 11.8 Å². The summed E-state index contributed by atoms with van der Waals surface area (Å²) in [6.45, 7) is 0.796. The van der Waals surface area contributed by atoms with Crippen LogP contribution in [-0.4, -0.2) is 41.1 Å². The summed E-state index contributed by atoms with van der Waals surface area (Å²) in [4.78, 5) is 5.98. The van der Waals surface area contributed by atoms with Crippen LogP contribution in [0.3, 0.4) is 0 Å². The molecule has 0 radical (unpaired) electrons. The molecule has 0 aromatic carbocycles. The minimum Gasteiger partial charge on any atom is -0.492 e. The molecule has 0 bridgehead atoms. The maximum atomic E-state index is 9.53. The average molecular weight is 236 g/mol. The van der Waals surface area contributed by atoms with E-state index in [-0.39, 0.29) is 5.88 Å². The molecule has 1 rings (SSSR count). The Hall–Kier alpha value is -1.18. The number of thioether (sulfide) groups is 1. The maximum Gasteiger partial charge on any atom is 0.226 e. The third-order valence-electron chi connectivity index (χ3n) is 1.86. The SMILES string of the molecule is CSCC#Cc1cc(CN(C)C)cnc1O. The first-order valence-electron chi connectivity index (χ1n) is 4.94. The Kier molecular flexibility index (Phi) is 5.17. The molecule has 0 spiro atoms. The number of hydrogen-bond acceptors (Lipinski definition) is 4. The van der Waals surface area contributed by atoms with Crippen LogP contribution in [0.5, 0.6) is 5.88 Å². The molecule has 0 atom stereocenters. The Labute approximate surface area is 101 Å². The normalized spacial score (nSPS) is 10.0. The number of aromatic nitrogens is 1. The van der Waals surface area contributed by atoms with E-state index < -0.39 is 0 Å². The van der Waals surface area contributed by atoms with Crippen molar-refractivity contribution >= 4 is 11.8 Å². The predicted molar refractivity (Wildman–Crippen MR) is 68.6 cm³/mol. The zero-order valence-electron chi connectivity index (χ0n) is 9.82. The van der Waals surface area contributed by atoms with Crippen LogP contribution in [0.4, 0.5) is 0 Å². The molecule has 86 valence electrons. The standard InChI is InChI=1S/C12H16N2OS/c1-14(2)9-10-7-11(5-4-6-16-3)12(15)13-8-10/h7-8H,6,9H2,1-3H3,(H,13,15). The first-order chi connectivity index (χ1) is 7.63. The van der Waals surface area contributed by atoms with Crippen LogP contribution in [0, 0.1) is 11.8 Å². The van der Waals surface area contributed by atoms with Gasteiger partial charge in [-0.1, -0.05) is 11.8 Å². The lowest BCUT2D eigenvalue weighted by atomic mass is 10.2. The van der Waals surface area contributed by atoms with Crippen LogP contribution in [-0.2, 0) is 6.54 Å². The fourth-order valence-corrected chi connectivity index (χ4v) is 1.46. The zero-order chi connectivity index (χ0) is 12.0. The molecule has 0 amide bonds. The Morgan fingerprint density at radius 1 is 1.50 bits per heavy atom. The number of nitrogens with zero attached hydrogens (tertiary/aromatic N) is 2. The van der Waals surface area contributed by atoms with Crippen molar-refractivity contribution in [3.05, 3.63) is 23.4 Å². The van der Waals surface area contributed by atoms with Crippen LogP contribution in [0.2, 0.25) is 0 Å². The van der Waals surface area contributed by atoms with E-state index in [0.717, 1.165) is 17.9 Å². The van der Waals surface area contributed by atoms with Crippen molar-refractivity contribution in [1.82, 2.24) is 9.88 Å². The molecule has 0 aliphatic carbocycles. The van der Waals surface area contributed by atoms with E-state index in [1.165, 1.54) is 0 Å². The van der Waals surface area contributed by atoms with Gasteiger partial charge in [0, 0.05) is 12.7 Å². The summed E-state index contributed by atoms with van der Waals surface area (Å²) in [5.41, 5.74) is 1.66. The lowest BCUT2D eigenvalue weighted by molar-refractivity contribution is 0.400. The van der Waals surface area contributed by atoms with Crippen molar-refractivity contribution in [3.8, 4) is 17.7 Å². The molecule has 4 heteroatoms. The van der Waals surface area contributed by atoms with Crippen molar-refractivity contribution in [2.75, 3.05) is 26.1 Å². The Bertz CT molecular complexity index is 407. The maximum absolute atomic E-state index is 9.53. The van der Waals surface area contributed by atoms with E-state index >= 15 is 0 Å². The molecule has 0 aliphatic rings. The van der Waals surface area contributed by atoms with Gasteiger partial charge in [0.05, 0.1) is 11.3 Å². The van der Waals surface area contributed by atoms with Crippen LogP contribution in [0.15, 0.2) is 12.3 Å². The third kappa shape index (κ3) is 4.13. The zero-order valence-corrected chi connectivity index (χ0v) is 10.6. The first kappa shape index (κ1) is 12.9. The summed E-state index contributed by atoms with van der Waals surface area (Å²) in [7, 11) is 3.98. The molecular formula is C12H16N2OS. The van der Waals surface area contributed by atoms with Gasteiger partial charge in [-0.3, -0.25) is 0 Å². The quantitative estimate of drug-likeness (QED) is 0.808. The molecule has 0 unspecified atom stereocenters. The topological polar surface area (TPSA) is 36.4 Å². The molecule has 3 nitrogen and oxygen atoms in total. The largest absolute Gasteiger partial charge is 0.492 e. The number of pyridine rings is 1. The Morgan fingerprint density at radius 2 is 2.25 bits per heavy atom. The first-order valence-corrected chi connectivity index (χ1v) is 6.33. The molecule has 1 aromatic heterocycles. The Morgan fingerprint density at radius 3 is 2.88 bits per heavy atom. The van der Waals surface area contributed by atoms with Gasteiger partial charge >= 0.3 is 0 Å². The number of rotatable bonds is 3. The van der Waals surface area contributed by atoms with Crippen LogP contribution in [0.1, 0.15) is 11.1 Å². The van der Waals surface area contributed by atoms with Gasteiger partial charge in [-0.05, 0) is 32.0 Å². The molecule has 0 aliphatic heterocycles. The average Bonchev–Trinajstić information content (AvgIpc) is 2.22. The summed E-state index contributed by atoms with van der Waals surface area (Å²) < 4.78 is 0. The second-order valence-corrected chi connectivity index (χ2v) is 4.55. The van der Waals surface area contributed by atoms with Crippen molar-refractivity contribution in [2.24, 2.45) is 0 Å². The molecule has 0 fully saturated rings. The van der Waals surface area contributed by atoms with Crippen molar-refractivity contribution < 1.29 is 5.11 Å². The molecule has 1 heterocycles. The number of hydrogen-bond donors (Lipinski definition) is 1. The van der Waals surface area contributed by atoms with Gasteiger partial charge < -0.3 is 10.0 Å². The van der Waals surface area contributed by atoms with Gasteiger partial charge in [-0.2, -0.15) is 11.8 Å². The van der Waals surface area contributed by atoms with Gasteiger partial charge in [0.15, 0.2) is 0 Å². The van der Waals surface area contributed by atoms with Gasteiger partial charge in [0.1, 0.15) is 0 Å². The molecule has 1 N–H and O–H groups in total. The van der Waals surface area contributed by atoms with Gasteiger partial charge in [-0.25, -0.2) is 4.98 Å². The fraction of sp³-hybridized carbons (Fsp3) is 0.417. The summed E-state index contributed by atoms with van der Waals surface area (Å²) in [6.07, 6.45) is 3.67. The van der Waals surface area contributed by atoms with E-state index in [9.17, 15) is 5.11 Å². The van der Waals surface area contributed by atoms with Crippen molar-refractivity contribution in [3.63, 3.8) is 0 Å². The molecule has 0 saturated heterocycles. The second-order valence-electron chi connectivity index (χ2n) is 3.69. The highest BCUT2D eigenvalue weighted by Gasteiger charge is 2.02. The van der Waals surface area contributed by atoms with Gasteiger partial charge in [0.25, 0.3) is 0 Å².